The van der Waals surface area contributed by atoms with Crippen LogP contribution in [0.5, 0.6) is 0 Å². The molecule has 0 unspecified atom stereocenters. The van der Waals surface area contributed by atoms with Crippen molar-refractivity contribution in [3.63, 3.8) is 0 Å². The highest BCUT2D eigenvalue weighted by atomic mass is 14.3. The van der Waals surface area contributed by atoms with Gasteiger partial charge in [-0.25, -0.2) is 0 Å². The van der Waals surface area contributed by atoms with Crippen LogP contribution in [0.25, 0.3) is 0 Å². The maximum absolute atomic E-state index is 3.82. The fourth-order valence-corrected chi connectivity index (χ4v) is 1.83. The monoisotopic (exact) mass is 166 g/mol. The topological polar surface area (TPSA) is 0 Å². The molecule has 0 heteroatoms. The number of hydrogen-bond donors (Lipinski definition) is 0. The molecule has 70 valence electrons. The molecule has 0 aromatic heterocycles. The maximum Gasteiger partial charge on any atom is -0.0208 e. The van der Waals surface area contributed by atoms with E-state index in [1.54, 1.807) is 0 Å². The van der Waals surface area contributed by atoms with Crippen LogP contribution in [0.4, 0.5) is 0 Å². The zero-order chi connectivity index (χ0) is 9.61. The molecular weight excluding hydrogens is 144 g/mol. The van der Waals surface area contributed by atoms with E-state index in [4.69, 9.17) is 0 Å². The molecule has 0 spiro atoms. The van der Waals surface area contributed by atoms with Gasteiger partial charge in [-0.3, -0.25) is 0 Å². The van der Waals surface area contributed by atoms with E-state index >= 15 is 0 Å². The summed E-state index contributed by atoms with van der Waals surface area (Å²) >= 11 is 0. The highest BCUT2D eigenvalue weighted by molar-refractivity contribution is 4.92. The average molecular weight is 166 g/mol. The van der Waals surface area contributed by atoms with E-state index in [-0.39, 0.29) is 0 Å². The van der Waals surface area contributed by atoms with Gasteiger partial charge in [-0.15, -0.1) is 13.2 Å². The van der Waals surface area contributed by atoms with Crippen LogP contribution in [-0.2, 0) is 0 Å². The van der Waals surface area contributed by atoms with Gasteiger partial charge >= 0.3 is 0 Å². The molecule has 0 N–H and O–H groups in total. The first-order valence-electron chi connectivity index (χ1n) is 4.84. The Morgan fingerprint density at radius 1 is 1.17 bits per heavy atom. The average Bonchev–Trinajstić information content (AvgIpc) is 2.03. The van der Waals surface area contributed by atoms with Gasteiger partial charge in [0.25, 0.3) is 0 Å². The minimum absolute atomic E-state index is 0.406. The molecule has 0 aliphatic carbocycles. The molecule has 0 atom stereocenters. The first-order chi connectivity index (χ1) is 5.63. The van der Waals surface area contributed by atoms with Crippen LogP contribution in [0.1, 0.15) is 40.0 Å². The summed E-state index contributed by atoms with van der Waals surface area (Å²) in [5.41, 5.74) is 0.406. The summed E-state index contributed by atoms with van der Waals surface area (Å²) < 4.78 is 0. The van der Waals surface area contributed by atoms with Crippen molar-refractivity contribution in [1.29, 1.82) is 0 Å². The van der Waals surface area contributed by atoms with Crippen molar-refractivity contribution in [2.24, 2.45) is 11.3 Å². The van der Waals surface area contributed by atoms with Crippen LogP contribution in [0.3, 0.4) is 0 Å². The SMILES string of the molecule is C=CCC(CC)(CC=C)C(C)C. The third kappa shape index (κ3) is 2.51. The van der Waals surface area contributed by atoms with E-state index in [1.807, 2.05) is 12.2 Å². The van der Waals surface area contributed by atoms with Crippen molar-refractivity contribution in [2.45, 2.75) is 40.0 Å². The Balaban J connectivity index is 4.48. The third-order valence-corrected chi connectivity index (χ3v) is 3.03. The predicted molar refractivity (Wildman–Crippen MR) is 57.2 cm³/mol. The van der Waals surface area contributed by atoms with Crippen molar-refractivity contribution in [3.8, 4) is 0 Å². The Hall–Kier alpha value is -0.520. The second-order valence-corrected chi connectivity index (χ2v) is 3.86. The molecule has 0 saturated heterocycles. The van der Waals surface area contributed by atoms with Crippen molar-refractivity contribution in [1.82, 2.24) is 0 Å². The van der Waals surface area contributed by atoms with Gasteiger partial charge in [0, 0.05) is 0 Å². The van der Waals surface area contributed by atoms with Gasteiger partial charge < -0.3 is 0 Å². The van der Waals surface area contributed by atoms with Crippen LogP contribution < -0.4 is 0 Å². The summed E-state index contributed by atoms with van der Waals surface area (Å²) in [6.45, 7) is 14.5. The lowest BCUT2D eigenvalue weighted by Gasteiger charge is -2.35. The normalized spacial score (nSPS) is 11.7. The minimum Gasteiger partial charge on any atom is -0.103 e. The van der Waals surface area contributed by atoms with Gasteiger partial charge in [-0.05, 0) is 30.6 Å². The molecule has 0 amide bonds. The van der Waals surface area contributed by atoms with Crippen LogP contribution >= 0.6 is 0 Å². The molecule has 0 rings (SSSR count). The van der Waals surface area contributed by atoms with Crippen molar-refractivity contribution in [2.75, 3.05) is 0 Å². The highest BCUT2D eigenvalue weighted by Crippen LogP contribution is 2.39. The molecule has 0 radical (unpaired) electrons. The summed E-state index contributed by atoms with van der Waals surface area (Å²) in [5.74, 6) is 0.707. The summed E-state index contributed by atoms with van der Waals surface area (Å²) in [4.78, 5) is 0. The summed E-state index contributed by atoms with van der Waals surface area (Å²) in [6, 6.07) is 0. The molecule has 0 nitrogen and oxygen atoms in total. The zero-order valence-electron chi connectivity index (χ0n) is 8.77. The molecule has 0 aliphatic heterocycles. The van der Waals surface area contributed by atoms with E-state index in [9.17, 15) is 0 Å². The molecule has 0 fully saturated rings. The Labute approximate surface area is 77.4 Å². The molecule has 0 bridgehead atoms. The third-order valence-electron chi connectivity index (χ3n) is 3.03. The molecule has 0 aliphatic rings. The van der Waals surface area contributed by atoms with E-state index < -0.39 is 0 Å². The van der Waals surface area contributed by atoms with Crippen LogP contribution in [0, 0.1) is 11.3 Å². The number of hydrogen-bond acceptors (Lipinski definition) is 0. The Morgan fingerprint density at radius 2 is 1.58 bits per heavy atom. The smallest absolute Gasteiger partial charge is 0.0208 e. The molecular formula is C12H22. The van der Waals surface area contributed by atoms with Gasteiger partial charge in [-0.1, -0.05) is 32.9 Å². The van der Waals surface area contributed by atoms with Crippen LogP contribution in [0.2, 0.25) is 0 Å². The lowest BCUT2D eigenvalue weighted by molar-refractivity contribution is 0.185. The zero-order valence-corrected chi connectivity index (χ0v) is 8.77. The molecule has 12 heavy (non-hydrogen) atoms. The summed E-state index contributed by atoms with van der Waals surface area (Å²) in [7, 11) is 0. The van der Waals surface area contributed by atoms with E-state index in [2.05, 4.69) is 33.9 Å². The molecule has 0 aromatic carbocycles. The van der Waals surface area contributed by atoms with Gasteiger partial charge in [0.15, 0.2) is 0 Å². The van der Waals surface area contributed by atoms with Crippen molar-refractivity contribution >= 4 is 0 Å². The Kier molecular flexibility index (Phi) is 4.96. The van der Waals surface area contributed by atoms with Gasteiger partial charge in [-0.2, -0.15) is 0 Å². The van der Waals surface area contributed by atoms with E-state index in [0.29, 0.717) is 11.3 Å². The Bertz CT molecular complexity index is 132. The number of allylic oxidation sites excluding steroid dienone is 2. The first kappa shape index (κ1) is 11.5. The predicted octanol–water partition coefficient (Wildman–Crippen LogP) is 4.19. The summed E-state index contributed by atoms with van der Waals surface area (Å²) in [5, 5.41) is 0. The van der Waals surface area contributed by atoms with E-state index in [1.165, 1.54) is 6.42 Å². The van der Waals surface area contributed by atoms with Gasteiger partial charge in [0.2, 0.25) is 0 Å². The quantitative estimate of drug-likeness (QED) is 0.519. The lowest BCUT2D eigenvalue weighted by atomic mass is 9.70. The number of rotatable bonds is 6. The minimum atomic E-state index is 0.406. The van der Waals surface area contributed by atoms with Gasteiger partial charge in [0.05, 0.1) is 0 Å². The van der Waals surface area contributed by atoms with Crippen LogP contribution in [0.15, 0.2) is 25.3 Å². The van der Waals surface area contributed by atoms with Crippen molar-refractivity contribution < 1.29 is 0 Å². The fourth-order valence-electron chi connectivity index (χ4n) is 1.83. The lowest BCUT2D eigenvalue weighted by Crippen LogP contribution is -2.25. The second kappa shape index (κ2) is 5.18. The second-order valence-electron chi connectivity index (χ2n) is 3.86. The molecule has 0 saturated carbocycles. The van der Waals surface area contributed by atoms with Gasteiger partial charge in [0.1, 0.15) is 0 Å². The maximum atomic E-state index is 3.82. The molecule has 0 aromatic rings. The van der Waals surface area contributed by atoms with Crippen molar-refractivity contribution in [3.05, 3.63) is 25.3 Å². The standard InChI is InChI=1S/C12H22/c1-6-9-12(8-3,10-7-2)11(4)5/h6-7,11H,1-2,8-10H2,3-5H3. The Morgan fingerprint density at radius 3 is 1.75 bits per heavy atom. The summed E-state index contributed by atoms with van der Waals surface area (Å²) in [6.07, 6.45) is 7.49. The van der Waals surface area contributed by atoms with Crippen LogP contribution in [-0.4, -0.2) is 0 Å². The highest BCUT2D eigenvalue weighted by Gasteiger charge is 2.28. The molecule has 0 heterocycles. The van der Waals surface area contributed by atoms with E-state index in [0.717, 1.165) is 12.8 Å². The largest absolute Gasteiger partial charge is 0.103 e. The first-order valence-corrected chi connectivity index (χ1v) is 4.84. The fraction of sp³-hybridized carbons (Fsp3) is 0.667.